The molecular weight excluding hydrogens is 228 g/mol. The molecule has 3 rings (SSSR count). The smallest absolute Gasteiger partial charge is 0.167 e. The normalized spacial score (nSPS) is 18.2. The van der Waals surface area contributed by atoms with Crippen molar-refractivity contribution in [3.05, 3.63) is 35.5 Å². The average Bonchev–Trinajstić information content (AvgIpc) is 2.84. The van der Waals surface area contributed by atoms with E-state index in [1.165, 1.54) is 5.56 Å². The van der Waals surface area contributed by atoms with E-state index in [-0.39, 0.29) is 0 Å². The first kappa shape index (κ1) is 11.3. The van der Waals surface area contributed by atoms with Crippen molar-refractivity contribution < 1.29 is 9.26 Å². The number of aromatic nitrogens is 1. The molecule has 2 aromatic rings. The van der Waals surface area contributed by atoms with Gasteiger partial charge in [-0.05, 0) is 20.0 Å². The minimum absolute atomic E-state index is 0.374. The molecule has 4 nitrogen and oxygen atoms in total. The molecule has 1 aliphatic heterocycles. The van der Waals surface area contributed by atoms with Crippen molar-refractivity contribution in [2.75, 3.05) is 13.7 Å². The largest absolute Gasteiger partial charge is 0.493 e. The molecule has 1 aromatic heterocycles. The van der Waals surface area contributed by atoms with Gasteiger partial charge in [0, 0.05) is 29.7 Å². The van der Waals surface area contributed by atoms with E-state index in [0.29, 0.717) is 6.04 Å². The molecular formula is C14H16N2O2. The van der Waals surface area contributed by atoms with E-state index < -0.39 is 0 Å². The predicted octanol–water partition coefficient (Wildman–Crippen LogP) is 2.69. The van der Waals surface area contributed by atoms with Gasteiger partial charge < -0.3 is 14.6 Å². The third kappa shape index (κ3) is 1.88. The van der Waals surface area contributed by atoms with Crippen LogP contribution >= 0.6 is 0 Å². The van der Waals surface area contributed by atoms with E-state index in [0.717, 1.165) is 35.8 Å². The molecule has 0 bridgehead atoms. The van der Waals surface area contributed by atoms with E-state index in [4.69, 9.17) is 9.26 Å². The van der Waals surface area contributed by atoms with Crippen molar-refractivity contribution in [1.29, 1.82) is 0 Å². The minimum atomic E-state index is 0.374. The molecule has 0 radical (unpaired) electrons. The first-order chi connectivity index (χ1) is 8.78. The number of hydrogen-bond donors (Lipinski definition) is 1. The fourth-order valence-electron chi connectivity index (χ4n) is 2.34. The number of aryl methyl sites for hydroxylation is 1. The second-order valence-corrected chi connectivity index (χ2v) is 4.56. The van der Waals surface area contributed by atoms with Crippen molar-refractivity contribution in [1.82, 2.24) is 10.5 Å². The second-order valence-electron chi connectivity index (χ2n) is 4.56. The van der Waals surface area contributed by atoms with Crippen LogP contribution in [0.5, 0.6) is 5.75 Å². The van der Waals surface area contributed by atoms with Gasteiger partial charge in [0.25, 0.3) is 0 Å². The standard InChI is InChI=1S/C14H16N2O2/c1-9-7-13(18-16-9)10-3-4-11-12(15-2)5-6-17-14(11)8-10/h3-4,7-8,12,15H,5-6H2,1-2H3/t12-/m1/s1. The summed E-state index contributed by atoms with van der Waals surface area (Å²) in [6.45, 7) is 2.66. The Hall–Kier alpha value is -1.81. The maximum absolute atomic E-state index is 5.72. The highest BCUT2D eigenvalue weighted by Gasteiger charge is 2.20. The lowest BCUT2D eigenvalue weighted by atomic mass is 9.98. The van der Waals surface area contributed by atoms with Crippen LogP contribution in [0.2, 0.25) is 0 Å². The number of nitrogens with zero attached hydrogens (tertiary/aromatic N) is 1. The lowest BCUT2D eigenvalue weighted by Crippen LogP contribution is -2.23. The minimum Gasteiger partial charge on any atom is -0.493 e. The number of hydrogen-bond acceptors (Lipinski definition) is 4. The Morgan fingerprint density at radius 1 is 1.33 bits per heavy atom. The topological polar surface area (TPSA) is 47.3 Å². The van der Waals surface area contributed by atoms with Crippen LogP contribution in [0.4, 0.5) is 0 Å². The molecule has 1 N–H and O–H groups in total. The Labute approximate surface area is 106 Å². The maximum Gasteiger partial charge on any atom is 0.167 e. The molecule has 94 valence electrons. The third-order valence-electron chi connectivity index (χ3n) is 3.31. The second kappa shape index (κ2) is 4.46. The van der Waals surface area contributed by atoms with Gasteiger partial charge in [-0.1, -0.05) is 17.3 Å². The van der Waals surface area contributed by atoms with Crippen molar-refractivity contribution in [3.8, 4) is 17.1 Å². The van der Waals surface area contributed by atoms with E-state index in [1.807, 2.05) is 26.1 Å². The zero-order valence-corrected chi connectivity index (χ0v) is 10.6. The van der Waals surface area contributed by atoms with Crippen molar-refractivity contribution >= 4 is 0 Å². The van der Waals surface area contributed by atoms with Gasteiger partial charge in [0.1, 0.15) is 5.75 Å². The summed E-state index contributed by atoms with van der Waals surface area (Å²) in [6.07, 6.45) is 1.00. The lowest BCUT2D eigenvalue weighted by Gasteiger charge is -2.25. The van der Waals surface area contributed by atoms with Crippen LogP contribution in [0.3, 0.4) is 0 Å². The summed E-state index contributed by atoms with van der Waals surface area (Å²) in [6, 6.07) is 8.48. The highest BCUT2D eigenvalue weighted by Crippen LogP contribution is 2.35. The molecule has 0 fully saturated rings. The molecule has 4 heteroatoms. The predicted molar refractivity (Wildman–Crippen MR) is 68.6 cm³/mol. The Kier molecular flexibility index (Phi) is 2.80. The van der Waals surface area contributed by atoms with Gasteiger partial charge in [-0.3, -0.25) is 0 Å². The molecule has 2 heterocycles. The fourth-order valence-corrected chi connectivity index (χ4v) is 2.34. The number of ether oxygens (including phenoxy) is 1. The molecule has 0 aliphatic carbocycles. The van der Waals surface area contributed by atoms with Crippen LogP contribution in [-0.2, 0) is 0 Å². The summed E-state index contributed by atoms with van der Waals surface area (Å²) in [7, 11) is 1.98. The zero-order valence-electron chi connectivity index (χ0n) is 10.6. The van der Waals surface area contributed by atoms with Crippen LogP contribution in [0.1, 0.15) is 23.7 Å². The van der Waals surface area contributed by atoms with Crippen molar-refractivity contribution in [3.63, 3.8) is 0 Å². The molecule has 0 unspecified atom stereocenters. The summed E-state index contributed by atoms with van der Waals surface area (Å²) >= 11 is 0. The van der Waals surface area contributed by atoms with Gasteiger partial charge in [0.2, 0.25) is 0 Å². The summed E-state index contributed by atoms with van der Waals surface area (Å²) in [5.41, 5.74) is 3.10. The lowest BCUT2D eigenvalue weighted by molar-refractivity contribution is 0.257. The summed E-state index contributed by atoms with van der Waals surface area (Å²) in [5, 5.41) is 7.22. The van der Waals surface area contributed by atoms with E-state index in [1.54, 1.807) is 0 Å². The molecule has 0 saturated heterocycles. The highest BCUT2D eigenvalue weighted by molar-refractivity contribution is 5.61. The number of benzene rings is 1. The van der Waals surface area contributed by atoms with E-state index >= 15 is 0 Å². The number of fused-ring (bicyclic) bond motifs is 1. The van der Waals surface area contributed by atoms with Gasteiger partial charge in [0.05, 0.1) is 12.3 Å². The summed E-state index contributed by atoms with van der Waals surface area (Å²) < 4.78 is 11.0. The van der Waals surface area contributed by atoms with Gasteiger partial charge in [-0.15, -0.1) is 0 Å². The number of rotatable bonds is 2. The van der Waals surface area contributed by atoms with Crippen LogP contribution in [0.15, 0.2) is 28.8 Å². The van der Waals surface area contributed by atoms with Gasteiger partial charge in [-0.2, -0.15) is 0 Å². The summed E-state index contributed by atoms with van der Waals surface area (Å²) in [4.78, 5) is 0. The monoisotopic (exact) mass is 244 g/mol. The van der Waals surface area contributed by atoms with Crippen LogP contribution in [0, 0.1) is 6.92 Å². The maximum atomic E-state index is 5.72. The quantitative estimate of drug-likeness (QED) is 0.882. The van der Waals surface area contributed by atoms with E-state index in [9.17, 15) is 0 Å². The Morgan fingerprint density at radius 2 is 2.22 bits per heavy atom. The van der Waals surface area contributed by atoms with Crippen LogP contribution in [-0.4, -0.2) is 18.8 Å². The third-order valence-corrected chi connectivity index (χ3v) is 3.31. The first-order valence-electron chi connectivity index (χ1n) is 6.15. The van der Waals surface area contributed by atoms with Gasteiger partial charge in [0.15, 0.2) is 5.76 Å². The van der Waals surface area contributed by atoms with E-state index in [2.05, 4.69) is 22.6 Å². The van der Waals surface area contributed by atoms with Gasteiger partial charge in [-0.25, -0.2) is 0 Å². The van der Waals surface area contributed by atoms with Crippen molar-refractivity contribution in [2.45, 2.75) is 19.4 Å². The van der Waals surface area contributed by atoms with Gasteiger partial charge >= 0.3 is 0 Å². The zero-order chi connectivity index (χ0) is 12.5. The highest BCUT2D eigenvalue weighted by atomic mass is 16.5. The Balaban J connectivity index is 2.00. The average molecular weight is 244 g/mol. The van der Waals surface area contributed by atoms with Crippen LogP contribution in [0.25, 0.3) is 11.3 Å². The molecule has 1 aliphatic rings. The molecule has 1 aromatic carbocycles. The fraction of sp³-hybridized carbons (Fsp3) is 0.357. The molecule has 18 heavy (non-hydrogen) atoms. The Morgan fingerprint density at radius 3 is 2.94 bits per heavy atom. The summed E-state index contributed by atoms with van der Waals surface area (Å²) in [5.74, 6) is 1.72. The molecule has 0 amide bonds. The Bertz CT molecular complexity index is 563. The van der Waals surface area contributed by atoms with Crippen molar-refractivity contribution in [2.24, 2.45) is 0 Å². The molecule has 1 atom stereocenters. The SMILES string of the molecule is CN[C@@H]1CCOc2cc(-c3cc(C)no3)ccc21. The molecule has 0 saturated carbocycles. The number of nitrogens with one attached hydrogen (secondary N) is 1. The first-order valence-corrected chi connectivity index (χ1v) is 6.15. The van der Waals surface area contributed by atoms with Crippen LogP contribution < -0.4 is 10.1 Å². The molecule has 0 spiro atoms.